The third kappa shape index (κ3) is 3.29. The van der Waals surface area contributed by atoms with Crippen LogP contribution in [0.1, 0.15) is 17.0 Å². The number of carbonyl (C=O) groups is 1. The molecule has 0 radical (unpaired) electrons. The molecule has 1 amide bonds. The molecule has 0 bridgehead atoms. The van der Waals surface area contributed by atoms with Gasteiger partial charge in [-0.15, -0.1) is 0 Å². The number of hydrogen-bond donors (Lipinski definition) is 0. The van der Waals surface area contributed by atoms with Crippen molar-refractivity contribution in [2.24, 2.45) is 0 Å². The summed E-state index contributed by atoms with van der Waals surface area (Å²) in [6.07, 6.45) is 0. The molecule has 1 aliphatic rings. The Balaban J connectivity index is 1.44. The number of piperazine rings is 1. The number of carbonyl (C=O) groups excluding carboxylic acids is 1. The predicted octanol–water partition coefficient (Wildman–Crippen LogP) is 3.31. The average molecular weight is 362 g/mol. The first-order valence-electron chi connectivity index (χ1n) is 9.55. The molecule has 5 nitrogen and oxygen atoms in total. The monoisotopic (exact) mass is 362 g/mol. The van der Waals surface area contributed by atoms with E-state index in [4.69, 9.17) is 0 Å². The predicted molar refractivity (Wildman–Crippen MR) is 109 cm³/mol. The smallest absolute Gasteiger partial charge is 0.242 e. The molecular weight excluding hydrogens is 336 g/mol. The van der Waals surface area contributed by atoms with Crippen molar-refractivity contribution in [2.45, 2.75) is 27.3 Å². The fourth-order valence-corrected chi connectivity index (χ4v) is 3.91. The zero-order chi connectivity index (χ0) is 19.0. The molecule has 2 aromatic carbocycles. The molecule has 1 fully saturated rings. The van der Waals surface area contributed by atoms with Gasteiger partial charge in [0, 0.05) is 31.9 Å². The second-order valence-corrected chi connectivity index (χ2v) is 7.32. The standard InChI is InChI=1S/C22H26N4O/c1-16-7-6-10-20(17(16)2)24-11-13-25(14-12-24)22(27)15-26-18(3)23-19-8-4-5-9-21(19)26/h4-10H,11-15H2,1-3H3. The average Bonchev–Trinajstić information content (AvgIpc) is 2.99. The fourth-order valence-electron chi connectivity index (χ4n) is 3.91. The molecular formula is C22H26N4O. The van der Waals surface area contributed by atoms with E-state index in [1.54, 1.807) is 0 Å². The van der Waals surface area contributed by atoms with Crippen molar-refractivity contribution in [2.75, 3.05) is 31.1 Å². The van der Waals surface area contributed by atoms with Gasteiger partial charge in [-0.25, -0.2) is 4.98 Å². The van der Waals surface area contributed by atoms with Crippen molar-refractivity contribution in [1.82, 2.24) is 14.5 Å². The Morgan fingerprint density at radius 3 is 2.48 bits per heavy atom. The SMILES string of the molecule is Cc1cccc(N2CCN(C(=O)Cn3c(C)nc4ccccc43)CC2)c1C. The van der Waals surface area contributed by atoms with Crippen LogP contribution < -0.4 is 4.90 Å². The number of rotatable bonds is 3. The van der Waals surface area contributed by atoms with Crippen molar-refractivity contribution in [1.29, 1.82) is 0 Å². The zero-order valence-electron chi connectivity index (χ0n) is 16.3. The van der Waals surface area contributed by atoms with Crippen molar-refractivity contribution in [3.8, 4) is 0 Å². The number of fused-ring (bicyclic) bond motifs is 1. The van der Waals surface area contributed by atoms with Gasteiger partial charge in [0.2, 0.25) is 5.91 Å². The van der Waals surface area contributed by atoms with Crippen LogP contribution in [0.2, 0.25) is 0 Å². The lowest BCUT2D eigenvalue weighted by atomic mass is 10.1. The highest BCUT2D eigenvalue weighted by Crippen LogP contribution is 2.24. The van der Waals surface area contributed by atoms with Gasteiger partial charge in [0.05, 0.1) is 11.0 Å². The Morgan fingerprint density at radius 2 is 1.70 bits per heavy atom. The van der Waals surface area contributed by atoms with Gasteiger partial charge in [0.1, 0.15) is 12.4 Å². The molecule has 3 aromatic rings. The van der Waals surface area contributed by atoms with Gasteiger partial charge in [0.25, 0.3) is 0 Å². The number of amides is 1. The molecule has 1 aromatic heterocycles. The van der Waals surface area contributed by atoms with E-state index >= 15 is 0 Å². The van der Waals surface area contributed by atoms with Gasteiger partial charge in [-0.2, -0.15) is 0 Å². The van der Waals surface area contributed by atoms with Gasteiger partial charge < -0.3 is 14.4 Å². The molecule has 4 rings (SSSR count). The lowest BCUT2D eigenvalue weighted by molar-refractivity contribution is -0.132. The van der Waals surface area contributed by atoms with E-state index in [-0.39, 0.29) is 5.91 Å². The summed E-state index contributed by atoms with van der Waals surface area (Å²) >= 11 is 0. The zero-order valence-corrected chi connectivity index (χ0v) is 16.3. The molecule has 27 heavy (non-hydrogen) atoms. The lowest BCUT2D eigenvalue weighted by Crippen LogP contribution is -2.49. The molecule has 5 heteroatoms. The van der Waals surface area contributed by atoms with Crippen molar-refractivity contribution in [3.63, 3.8) is 0 Å². The minimum Gasteiger partial charge on any atom is -0.368 e. The quantitative estimate of drug-likeness (QED) is 0.718. The summed E-state index contributed by atoms with van der Waals surface area (Å²) in [5.74, 6) is 1.06. The number of nitrogens with zero attached hydrogens (tertiary/aromatic N) is 4. The Kier molecular flexibility index (Phi) is 4.60. The van der Waals surface area contributed by atoms with Crippen LogP contribution in [0.15, 0.2) is 42.5 Å². The molecule has 0 aliphatic carbocycles. The second kappa shape index (κ2) is 7.06. The minimum atomic E-state index is 0.168. The molecule has 0 atom stereocenters. The van der Waals surface area contributed by atoms with Crippen LogP contribution in [0.3, 0.4) is 0 Å². The van der Waals surface area contributed by atoms with Crippen molar-refractivity contribution in [3.05, 3.63) is 59.4 Å². The number of hydrogen-bond acceptors (Lipinski definition) is 3. The topological polar surface area (TPSA) is 41.4 Å². The van der Waals surface area contributed by atoms with Crippen LogP contribution in [-0.2, 0) is 11.3 Å². The number of benzene rings is 2. The van der Waals surface area contributed by atoms with Crippen LogP contribution in [0, 0.1) is 20.8 Å². The highest BCUT2D eigenvalue weighted by Gasteiger charge is 2.23. The van der Waals surface area contributed by atoms with Gasteiger partial charge in [-0.1, -0.05) is 24.3 Å². The van der Waals surface area contributed by atoms with Crippen molar-refractivity contribution < 1.29 is 4.79 Å². The molecule has 0 spiro atoms. The minimum absolute atomic E-state index is 0.168. The number of para-hydroxylation sites is 2. The molecule has 140 valence electrons. The number of aryl methyl sites for hydroxylation is 2. The highest BCUT2D eigenvalue weighted by molar-refractivity contribution is 5.81. The molecule has 1 saturated heterocycles. The molecule has 0 saturated carbocycles. The van der Waals surface area contributed by atoms with E-state index in [1.165, 1.54) is 16.8 Å². The van der Waals surface area contributed by atoms with E-state index in [1.807, 2.05) is 40.7 Å². The summed E-state index contributed by atoms with van der Waals surface area (Å²) in [4.78, 5) is 21.8. The van der Waals surface area contributed by atoms with E-state index in [9.17, 15) is 4.79 Å². The Hall–Kier alpha value is -2.82. The number of imidazole rings is 1. The third-order valence-corrected chi connectivity index (χ3v) is 5.69. The number of anilines is 1. The second-order valence-electron chi connectivity index (χ2n) is 7.32. The first kappa shape index (κ1) is 17.6. The lowest BCUT2D eigenvalue weighted by Gasteiger charge is -2.37. The summed E-state index contributed by atoms with van der Waals surface area (Å²) < 4.78 is 2.02. The Labute approximate surface area is 160 Å². The molecule has 0 unspecified atom stereocenters. The van der Waals surface area contributed by atoms with Gasteiger partial charge in [0.15, 0.2) is 0 Å². The summed E-state index contributed by atoms with van der Waals surface area (Å²) in [6, 6.07) is 14.4. The third-order valence-electron chi connectivity index (χ3n) is 5.69. The first-order chi connectivity index (χ1) is 13.0. The first-order valence-corrected chi connectivity index (χ1v) is 9.55. The van der Waals surface area contributed by atoms with Gasteiger partial charge >= 0.3 is 0 Å². The maximum atomic E-state index is 12.9. The van der Waals surface area contributed by atoms with E-state index < -0.39 is 0 Å². The van der Waals surface area contributed by atoms with E-state index in [0.29, 0.717) is 6.54 Å². The summed E-state index contributed by atoms with van der Waals surface area (Å²) in [5.41, 5.74) is 5.91. The molecule has 2 heterocycles. The Morgan fingerprint density at radius 1 is 0.963 bits per heavy atom. The van der Waals surface area contributed by atoms with Crippen LogP contribution in [0.4, 0.5) is 5.69 Å². The van der Waals surface area contributed by atoms with E-state index in [0.717, 1.165) is 43.0 Å². The van der Waals surface area contributed by atoms with Crippen LogP contribution >= 0.6 is 0 Å². The molecule has 0 N–H and O–H groups in total. The normalized spacial score (nSPS) is 14.8. The number of aromatic nitrogens is 2. The summed E-state index contributed by atoms with van der Waals surface area (Å²) in [5, 5.41) is 0. The van der Waals surface area contributed by atoms with Gasteiger partial charge in [-0.3, -0.25) is 4.79 Å². The summed E-state index contributed by atoms with van der Waals surface area (Å²) in [7, 11) is 0. The maximum absolute atomic E-state index is 12.9. The van der Waals surface area contributed by atoms with E-state index in [2.05, 4.69) is 41.9 Å². The fraction of sp³-hybridized carbons (Fsp3) is 0.364. The molecule has 1 aliphatic heterocycles. The highest BCUT2D eigenvalue weighted by atomic mass is 16.2. The van der Waals surface area contributed by atoms with Crippen molar-refractivity contribution >= 4 is 22.6 Å². The summed E-state index contributed by atoms with van der Waals surface area (Å²) in [6.45, 7) is 9.92. The Bertz CT molecular complexity index is 983. The largest absolute Gasteiger partial charge is 0.368 e. The van der Waals surface area contributed by atoms with Crippen LogP contribution in [0.5, 0.6) is 0 Å². The van der Waals surface area contributed by atoms with Gasteiger partial charge in [-0.05, 0) is 50.1 Å². The van der Waals surface area contributed by atoms with Crippen LogP contribution in [0.25, 0.3) is 11.0 Å². The maximum Gasteiger partial charge on any atom is 0.242 e. The van der Waals surface area contributed by atoms with Crippen LogP contribution in [-0.4, -0.2) is 46.5 Å².